The lowest BCUT2D eigenvalue weighted by molar-refractivity contribution is -0.150. The summed E-state index contributed by atoms with van der Waals surface area (Å²) in [7, 11) is -4.67. The fourth-order valence-corrected chi connectivity index (χ4v) is 10.9. The molecule has 2 aromatic carbocycles. The summed E-state index contributed by atoms with van der Waals surface area (Å²) < 4.78 is 48.5. The Bertz CT molecular complexity index is 1210. The van der Waals surface area contributed by atoms with E-state index in [1.54, 1.807) is 45.2 Å². The maximum absolute atomic E-state index is 13.0. The van der Waals surface area contributed by atoms with Gasteiger partial charge in [0.05, 0.1) is 23.9 Å². The van der Waals surface area contributed by atoms with Crippen LogP contribution in [0.25, 0.3) is 0 Å². The minimum absolute atomic E-state index is 0.101. The summed E-state index contributed by atoms with van der Waals surface area (Å²) in [5.41, 5.74) is 0. The van der Waals surface area contributed by atoms with Crippen LogP contribution in [0.4, 0.5) is 0 Å². The van der Waals surface area contributed by atoms with Crippen molar-refractivity contribution in [2.75, 3.05) is 0 Å². The van der Waals surface area contributed by atoms with Gasteiger partial charge >= 0.3 is 11.9 Å². The highest BCUT2D eigenvalue weighted by Crippen LogP contribution is 2.34. The smallest absolute Gasteiger partial charge is 0.315 e. The largest absolute Gasteiger partial charge is 0.744 e. The van der Waals surface area contributed by atoms with Gasteiger partial charge in [-0.3, -0.25) is 9.59 Å². The van der Waals surface area contributed by atoms with Crippen LogP contribution >= 0.6 is 113 Å². The van der Waals surface area contributed by atoms with E-state index in [4.69, 9.17) is 9.47 Å². The maximum atomic E-state index is 13.0. The third kappa shape index (κ3) is 7.13. The first kappa shape index (κ1) is 28.3. The molecule has 2 atom stereocenters. The van der Waals surface area contributed by atoms with Crippen molar-refractivity contribution in [3.8, 4) is 11.5 Å². The fraction of sp³-hybridized carbons (Fsp3) is 0.200. The van der Waals surface area contributed by atoms with Crippen molar-refractivity contribution in [3.63, 3.8) is 0 Å². The lowest BCUT2D eigenvalue weighted by Gasteiger charge is -2.25. The van der Waals surface area contributed by atoms with Crippen molar-refractivity contribution in [3.05, 3.63) is 54.3 Å². The normalized spacial score (nSPS) is 18.1. The molecule has 0 amide bonds. The van der Waals surface area contributed by atoms with Crippen LogP contribution in [-0.2, 0) is 19.7 Å². The van der Waals surface area contributed by atoms with E-state index in [9.17, 15) is 22.6 Å². The summed E-state index contributed by atoms with van der Waals surface area (Å²) in [5, 5.41) is 0. The van der Waals surface area contributed by atoms with Gasteiger partial charge in [0.15, 0.2) is 5.75 Å². The van der Waals surface area contributed by atoms with Crippen molar-refractivity contribution < 1.29 is 32.0 Å². The Morgan fingerprint density at radius 3 is 1.70 bits per heavy atom. The van der Waals surface area contributed by atoms with E-state index in [-0.39, 0.29) is 17.8 Å². The zero-order chi connectivity index (χ0) is 24.5. The van der Waals surface area contributed by atoms with E-state index < -0.39 is 33.9 Å². The summed E-state index contributed by atoms with van der Waals surface area (Å²) >= 11 is 9.82. The summed E-state index contributed by atoms with van der Waals surface area (Å²) in [5.74, 6) is -2.08. The molecule has 176 valence electrons. The van der Waals surface area contributed by atoms with E-state index in [0.29, 0.717) is 18.6 Å². The number of benzene rings is 2. The number of ether oxygens (including phenoxy) is 2. The molecular weight excluding hydrogens is 1020 g/mol. The molecule has 0 bridgehead atoms. The van der Waals surface area contributed by atoms with Gasteiger partial charge < -0.3 is 14.0 Å². The minimum Gasteiger partial charge on any atom is -0.744 e. The Labute approximate surface area is 258 Å². The lowest BCUT2D eigenvalue weighted by atomic mass is 9.83. The van der Waals surface area contributed by atoms with Crippen LogP contribution in [-0.4, -0.2) is 24.9 Å². The Kier molecular flexibility index (Phi) is 10.1. The van der Waals surface area contributed by atoms with Gasteiger partial charge in [0.2, 0.25) is 0 Å². The van der Waals surface area contributed by atoms with Crippen LogP contribution < -0.4 is 9.47 Å². The second-order valence-corrected chi connectivity index (χ2v) is 14.1. The van der Waals surface area contributed by atoms with Gasteiger partial charge in [0.1, 0.15) is 15.9 Å². The molecular formula is C20H12I5O7S-. The number of esters is 2. The first-order chi connectivity index (χ1) is 15.4. The summed E-state index contributed by atoms with van der Waals surface area (Å²) in [6.07, 6.45) is 4.29. The highest BCUT2D eigenvalue weighted by atomic mass is 127. The third-order valence-electron chi connectivity index (χ3n) is 4.64. The highest BCUT2D eigenvalue weighted by Gasteiger charge is 2.37. The standard InChI is InChI=1S/C20H13I5O7S/c21-9-5-13(22)17(14(23)6-9)32-20(27)12-4-2-1-3-11(12)19(26)31-10-7-15(24)18(16(25)8-10)33(28,29)30/h1-2,5-8,11-12H,3-4H2,(H,28,29,30)/p-1. The number of hydrogen-bond donors (Lipinski definition) is 0. The molecule has 1 aliphatic rings. The van der Waals surface area contributed by atoms with Gasteiger partial charge in [-0.25, -0.2) is 8.42 Å². The minimum atomic E-state index is -4.67. The molecule has 0 N–H and O–H groups in total. The maximum Gasteiger partial charge on any atom is 0.315 e. The van der Waals surface area contributed by atoms with E-state index in [0.717, 1.165) is 10.7 Å². The summed E-state index contributed by atoms with van der Waals surface area (Å²) in [6, 6.07) is 6.42. The fourth-order valence-electron chi connectivity index (χ4n) is 3.16. The molecule has 0 heterocycles. The van der Waals surface area contributed by atoms with E-state index in [1.807, 2.05) is 24.3 Å². The number of halogens is 5. The Morgan fingerprint density at radius 2 is 1.24 bits per heavy atom. The van der Waals surface area contributed by atoms with Gasteiger partial charge in [-0.15, -0.1) is 0 Å². The van der Waals surface area contributed by atoms with Crippen LogP contribution in [0.1, 0.15) is 12.8 Å². The topological polar surface area (TPSA) is 110 Å². The Hall–Kier alpha value is 0.680. The highest BCUT2D eigenvalue weighted by molar-refractivity contribution is 14.1. The van der Waals surface area contributed by atoms with Crippen molar-refractivity contribution in [1.82, 2.24) is 0 Å². The van der Waals surface area contributed by atoms with Crippen molar-refractivity contribution >= 4 is 135 Å². The van der Waals surface area contributed by atoms with Gasteiger partial charge in [-0.2, -0.15) is 0 Å². The first-order valence-electron chi connectivity index (χ1n) is 9.06. The van der Waals surface area contributed by atoms with Crippen LogP contribution in [0.2, 0.25) is 0 Å². The molecule has 13 heteroatoms. The van der Waals surface area contributed by atoms with Crippen molar-refractivity contribution in [2.24, 2.45) is 11.8 Å². The van der Waals surface area contributed by atoms with Crippen molar-refractivity contribution in [1.29, 1.82) is 0 Å². The monoisotopic (exact) mass is 1030 g/mol. The van der Waals surface area contributed by atoms with Gasteiger partial charge in [0.25, 0.3) is 0 Å². The van der Waals surface area contributed by atoms with Crippen LogP contribution in [0.5, 0.6) is 11.5 Å². The van der Waals surface area contributed by atoms with Crippen LogP contribution in [0, 0.1) is 29.7 Å². The first-order valence-corrected chi connectivity index (χ1v) is 15.9. The SMILES string of the molecule is O=C(Oc1cc(I)c(S(=O)(=O)[O-])c(I)c1)C1CC=CCC1C(=O)Oc1c(I)cc(I)cc1I. The molecule has 0 saturated carbocycles. The summed E-state index contributed by atoms with van der Waals surface area (Å²) in [4.78, 5) is 25.6. The molecule has 3 rings (SSSR count). The third-order valence-corrected chi connectivity index (χ3v) is 10.2. The molecule has 0 aliphatic heterocycles. The Morgan fingerprint density at radius 1 is 0.788 bits per heavy atom. The average Bonchev–Trinajstić information content (AvgIpc) is 2.68. The predicted molar refractivity (Wildman–Crippen MR) is 161 cm³/mol. The molecule has 0 saturated heterocycles. The molecule has 2 aromatic rings. The lowest BCUT2D eigenvalue weighted by Crippen LogP contribution is -2.36. The van der Waals surface area contributed by atoms with Crippen LogP contribution in [0.15, 0.2) is 41.3 Å². The van der Waals surface area contributed by atoms with E-state index in [1.165, 1.54) is 12.1 Å². The predicted octanol–water partition coefficient (Wildman–Crippen LogP) is 5.71. The van der Waals surface area contributed by atoms with Crippen molar-refractivity contribution in [2.45, 2.75) is 17.7 Å². The molecule has 7 nitrogen and oxygen atoms in total. The van der Waals surface area contributed by atoms with E-state index >= 15 is 0 Å². The van der Waals surface area contributed by atoms with Gasteiger partial charge in [-0.1, -0.05) is 12.2 Å². The molecule has 0 aromatic heterocycles. The molecule has 0 fully saturated rings. The number of allylic oxidation sites excluding steroid dienone is 2. The molecule has 0 radical (unpaired) electrons. The zero-order valence-corrected chi connectivity index (χ0v) is 27.8. The molecule has 2 unspecified atom stereocenters. The average molecular weight is 1030 g/mol. The molecule has 1 aliphatic carbocycles. The summed E-state index contributed by atoms with van der Waals surface area (Å²) in [6.45, 7) is 0. The second-order valence-electron chi connectivity index (χ2n) is 6.87. The quantitative estimate of drug-likeness (QED) is 0.124. The number of rotatable bonds is 5. The number of carbonyl (C=O) groups excluding carboxylic acids is 2. The molecule has 33 heavy (non-hydrogen) atoms. The molecule has 0 spiro atoms. The Balaban J connectivity index is 1.81. The van der Waals surface area contributed by atoms with Crippen LogP contribution in [0.3, 0.4) is 0 Å². The zero-order valence-electron chi connectivity index (χ0n) is 16.2. The van der Waals surface area contributed by atoms with E-state index in [2.05, 4.69) is 67.8 Å². The number of hydrogen-bond acceptors (Lipinski definition) is 7. The van der Waals surface area contributed by atoms with Gasteiger partial charge in [-0.05, 0) is 150 Å². The number of carbonyl (C=O) groups is 2. The second kappa shape index (κ2) is 11.8. The van der Waals surface area contributed by atoms with Gasteiger partial charge in [0, 0.05) is 10.7 Å².